The molecule has 0 fully saturated rings. The Kier molecular flexibility index (Phi) is 3.96. The van der Waals surface area contributed by atoms with Crippen molar-refractivity contribution in [3.8, 4) is 0 Å². The van der Waals surface area contributed by atoms with Crippen LogP contribution in [0.2, 0.25) is 0 Å². The van der Waals surface area contributed by atoms with E-state index in [9.17, 15) is 14.9 Å². The Balaban J connectivity index is 2.95. The van der Waals surface area contributed by atoms with Gasteiger partial charge in [-0.3, -0.25) is 14.9 Å². The molecule has 0 heterocycles. The van der Waals surface area contributed by atoms with Gasteiger partial charge in [0.05, 0.1) is 11.5 Å². The van der Waals surface area contributed by atoms with Gasteiger partial charge in [0.2, 0.25) is 0 Å². The number of nitrogens with one attached hydrogen (secondary N) is 1. The van der Waals surface area contributed by atoms with Crippen molar-refractivity contribution in [1.82, 2.24) is 5.32 Å². The molecule has 0 bridgehead atoms. The SMILES string of the molecule is C[C@@H](CO)NC(=O)c1ccccc1[N+](=O)[O-]. The van der Waals surface area contributed by atoms with Crippen molar-refractivity contribution in [1.29, 1.82) is 0 Å². The quantitative estimate of drug-likeness (QED) is 0.581. The normalized spacial score (nSPS) is 11.9. The molecule has 0 aliphatic carbocycles. The number of nitro benzene ring substituents is 1. The molecule has 0 saturated carbocycles. The first-order chi connectivity index (χ1) is 7.56. The number of carbonyl (C=O) groups excluding carboxylic acids is 1. The first-order valence-corrected chi connectivity index (χ1v) is 4.71. The maximum Gasteiger partial charge on any atom is 0.282 e. The van der Waals surface area contributed by atoms with E-state index in [-0.39, 0.29) is 17.9 Å². The predicted octanol–water partition coefficient (Wildman–Crippen LogP) is 0.705. The molecule has 0 unspecified atom stereocenters. The van der Waals surface area contributed by atoms with Crippen molar-refractivity contribution in [2.45, 2.75) is 13.0 Å². The fraction of sp³-hybridized carbons (Fsp3) is 0.300. The van der Waals surface area contributed by atoms with Crippen LogP contribution in [0.4, 0.5) is 5.69 Å². The maximum atomic E-state index is 11.6. The highest BCUT2D eigenvalue weighted by Gasteiger charge is 2.19. The molecule has 16 heavy (non-hydrogen) atoms. The fourth-order valence-corrected chi connectivity index (χ4v) is 1.17. The van der Waals surface area contributed by atoms with Gasteiger partial charge in [0.25, 0.3) is 11.6 Å². The Morgan fingerprint density at radius 1 is 1.56 bits per heavy atom. The van der Waals surface area contributed by atoms with Crippen LogP contribution in [0.1, 0.15) is 17.3 Å². The van der Waals surface area contributed by atoms with Gasteiger partial charge < -0.3 is 10.4 Å². The zero-order valence-electron chi connectivity index (χ0n) is 8.71. The smallest absolute Gasteiger partial charge is 0.282 e. The zero-order valence-corrected chi connectivity index (χ0v) is 8.71. The van der Waals surface area contributed by atoms with Crippen LogP contribution in [0.5, 0.6) is 0 Å². The third-order valence-electron chi connectivity index (χ3n) is 2.00. The average molecular weight is 224 g/mol. The first-order valence-electron chi connectivity index (χ1n) is 4.71. The summed E-state index contributed by atoms with van der Waals surface area (Å²) in [5.74, 6) is -0.561. The molecule has 1 atom stereocenters. The highest BCUT2D eigenvalue weighted by atomic mass is 16.6. The van der Waals surface area contributed by atoms with Crippen LogP contribution in [0, 0.1) is 10.1 Å². The van der Waals surface area contributed by atoms with Gasteiger partial charge in [-0.25, -0.2) is 0 Å². The summed E-state index contributed by atoms with van der Waals surface area (Å²) < 4.78 is 0. The van der Waals surface area contributed by atoms with E-state index in [1.807, 2.05) is 0 Å². The maximum absolute atomic E-state index is 11.6. The largest absolute Gasteiger partial charge is 0.394 e. The summed E-state index contributed by atoms with van der Waals surface area (Å²) in [5, 5.41) is 21.9. The van der Waals surface area contributed by atoms with Crippen LogP contribution in [-0.4, -0.2) is 28.6 Å². The average Bonchev–Trinajstić information content (AvgIpc) is 2.28. The second-order valence-electron chi connectivity index (χ2n) is 3.33. The van der Waals surface area contributed by atoms with E-state index in [0.717, 1.165) is 0 Å². The van der Waals surface area contributed by atoms with Crippen LogP contribution in [0.25, 0.3) is 0 Å². The highest BCUT2D eigenvalue weighted by Crippen LogP contribution is 2.17. The highest BCUT2D eigenvalue weighted by molar-refractivity contribution is 5.98. The molecule has 1 aromatic rings. The summed E-state index contributed by atoms with van der Waals surface area (Å²) in [6.07, 6.45) is 0. The molecule has 0 saturated heterocycles. The third kappa shape index (κ3) is 2.77. The van der Waals surface area contributed by atoms with Gasteiger partial charge in [0.15, 0.2) is 0 Å². The number of rotatable bonds is 4. The van der Waals surface area contributed by atoms with Crippen LogP contribution < -0.4 is 5.32 Å². The Labute approximate surface area is 92.0 Å². The summed E-state index contributed by atoms with van der Waals surface area (Å²) in [7, 11) is 0. The summed E-state index contributed by atoms with van der Waals surface area (Å²) >= 11 is 0. The van der Waals surface area contributed by atoms with Gasteiger partial charge in [-0.2, -0.15) is 0 Å². The molecular formula is C10H12N2O4. The molecule has 1 aromatic carbocycles. The molecule has 1 amide bonds. The molecular weight excluding hydrogens is 212 g/mol. The minimum atomic E-state index is -0.613. The minimum absolute atomic E-state index is 0.00667. The number of nitrogens with zero attached hydrogens (tertiary/aromatic N) is 1. The standard InChI is InChI=1S/C10H12N2O4/c1-7(6-13)11-10(14)8-4-2-3-5-9(8)12(15)16/h2-5,7,13H,6H2,1H3,(H,11,14)/t7-/m0/s1. The number of aliphatic hydroxyl groups excluding tert-OH is 1. The Morgan fingerprint density at radius 2 is 2.19 bits per heavy atom. The van der Waals surface area contributed by atoms with Crippen molar-refractivity contribution in [3.63, 3.8) is 0 Å². The number of hydrogen-bond acceptors (Lipinski definition) is 4. The fourth-order valence-electron chi connectivity index (χ4n) is 1.17. The number of carbonyl (C=O) groups is 1. The van der Waals surface area contributed by atoms with Gasteiger partial charge in [-0.05, 0) is 13.0 Å². The second-order valence-corrected chi connectivity index (χ2v) is 3.33. The molecule has 0 aromatic heterocycles. The van der Waals surface area contributed by atoms with Gasteiger partial charge in [-0.15, -0.1) is 0 Å². The lowest BCUT2D eigenvalue weighted by Crippen LogP contribution is -2.35. The Hall–Kier alpha value is -1.95. The molecule has 2 N–H and O–H groups in total. The van der Waals surface area contributed by atoms with Crippen molar-refractivity contribution >= 4 is 11.6 Å². The zero-order chi connectivity index (χ0) is 12.1. The summed E-state index contributed by atoms with van der Waals surface area (Å²) in [6, 6.07) is 5.23. The molecule has 0 spiro atoms. The van der Waals surface area contributed by atoms with Gasteiger partial charge in [0.1, 0.15) is 5.56 Å². The van der Waals surface area contributed by atoms with Gasteiger partial charge in [-0.1, -0.05) is 12.1 Å². The van der Waals surface area contributed by atoms with Crippen molar-refractivity contribution in [2.24, 2.45) is 0 Å². The number of aliphatic hydroxyl groups is 1. The van der Waals surface area contributed by atoms with E-state index in [0.29, 0.717) is 0 Å². The number of nitro groups is 1. The van der Waals surface area contributed by atoms with E-state index < -0.39 is 16.9 Å². The lowest BCUT2D eigenvalue weighted by molar-refractivity contribution is -0.385. The topological polar surface area (TPSA) is 92.5 Å². The predicted molar refractivity (Wildman–Crippen MR) is 57.1 cm³/mol. The number of amides is 1. The molecule has 6 nitrogen and oxygen atoms in total. The summed E-state index contributed by atoms with van der Waals surface area (Å²) in [5.41, 5.74) is -0.252. The molecule has 0 aliphatic rings. The lowest BCUT2D eigenvalue weighted by atomic mass is 10.1. The molecule has 0 radical (unpaired) electrons. The van der Waals surface area contributed by atoms with E-state index in [2.05, 4.69) is 5.32 Å². The van der Waals surface area contributed by atoms with Crippen LogP contribution in [0.3, 0.4) is 0 Å². The number of benzene rings is 1. The monoisotopic (exact) mass is 224 g/mol. The Bertz CT molecular complexity index is 406. The molecule has 0 aliphatic heterocycles. The Morgan fingerprint density at radius 3 is 2.75 bits per heavy atom. The molecule has 86 valence electrons. The summed E-state index contributed by atoms with van der Waals surface area (Å²) in [4.78, 5) is 21.7. The van der Waals surface area contributed by atoms with E-state index >= 15 is 0 Å². The second kappa shape index (κ2) is 5.22. The van der Waals surface area contributed by atoms with Crippen LogP contribution >= 0.6 is 0 Å². The van der Waals surface area contributed by atoms with Crippen molar-refractivity contribution in [3.05, 3.63) is 39.9 Å². The minimum Gasteiger partial charge on any atom is -0.394 e. The summed E-state index contributed by atoms with van der Waals surface area (Å²) in [6.45, 7) is 1.39. The van der Waals surface area contributed by atoms with E-state index in [1.165, 1.54) is 18.2 Å². The number of hydrogen-bond donors (Lipinski definition) is 2. The lowest BCUT2D eigenvalue weighted by Gasteiger charge is -2.10. The van der Waals surface area contributed by atoms with Gasteiger partial charge in [0, 0.05) is 12.1 Å². The first kappa shape index (κ1) is 12.1. The van der Waals surface area contributed by atoms with Crippen molar-refractivity contribution < 1.29 is 14.8 Å². The van der Waals surface area contributed by atoms with E-state index in [4.69, 9.17) is 5.11 Å². The van der Waals surface area contributed by atoms with Crippen molar-refractivity contribution in [2.75, 3.05) is 6.61 Å². The molecule has 1 rings (SSSR count). The van der Waals surface area contributed by atoms with Crippen LogP contribution in [-0.2, 0) is 0 Å². The van der Waals surface area contributed by atoms with E-state index in [1.54, 1.807) is 13.0 Å². The molecule has 6 heteroatoms. The van der Waals surface area contributed by atoms with Gasteiger partial charge >= 0.3 is 0 Å². The van der Waals surface area contributed by atoms with Crippen LogP contribution in [0.15, 0.2) is 24.3 Å². The number of para-hydroxylation sites is 1. The third-order valence-corrected chi connectivity index (χ3v) is 2.00.